The summed E-state index contributed by atoms with van der Waals surface area (Å²) >= 11 is 5.96. The highest BCUT2D eigenvalue weighted by Crippen LogP contribution is 2.28. The Labute approximate surface area is 116 Å². The first kappa shape index (κ1) is 12.1. The Kier molecular flexibility index (Phi) is 2.91. The smallest absolute Gasteiger partial charge is 0.180 e. The number of nitrogens with zero attached hydrogens (tertiary/aromatic N) is 2. The van der Waals surface area contributed by atoms with E-state index in [0.717, 1.165) is 22.7 Å². The fourth-order valence-corrected chi connectivity index (χ4v) is 2.24. The number of fused-ring (bicyclic) bond motifs is 1. The highest BCUT2D eigenvalue weighted by atomic mass is 35.5. The van der Waals surface area contributed by atoms with Gasteiger partial charge in [0.2, 0.25) is 0 Å². The van der Waals surface area contributed by atoms with Crippen molar-refractivity contribution in [1.29, 1.82) is 0 Å². The molecule has 0 aliphatic heterocycles. The molecule has 2 aromatic heterocycles. The van der Waals surface area contributed by atoms with E-state index in [1.807, 2.05) is 54.9 Å². The fourth-order valence-electron chi connectivity index (χ4n) is 2.06. The van der Waals surface area contributed by atoms with Crippen LogP contribution in [0.1, 0.15) is 11.3 Å². The molecule has 3 nitrogen and oxygen atoms in total. The molecule has 0 spiro atoms. The molecule has 2 heterocycles. The average Bonchev–Trinajstić information content (AvgIpc) is 2.69. The lowest BCUT2D eigenvalue weighted by molar-refractivity contribution is 0.484. The number of imidazole rings is 1. The van der Waals surface area contributed by atoms with Crippen LogP contribution in [0, 0.1) is 13.8 Å². The lowest BCUT2D eigenvalue weighted by Gasteiger charge is -2.08. The molecule has 3 rings (SSSR count). The van der Waals surface area contributed by atoms with Crippen molar-refractivity contribution in [2.45, 2.75) is 13.8 Å². The number of halogens is 1. The molecule has 4 heteroatoms. The SMILES string of the molecule is Cc1cc(Oc2cccc(Cl)c2)c2nc(C)cn2c1. The van der Waals surface area contributed by atoms with Crippen LogP contribution in [0.25, 0.3) is 5.65 Å². The van der Waals surface area contributed by atoms with Gasteiger partial charge in [0.05, 0.1) is 5.69 Å². The lowest BCUT2D eigenvalue weighted by Crippen LogP contribution is -1.92. The summed E-state index contributed by atoms with van der Waals surface area (Å²) < 4.78 is 7.88. The number of aryl methyl sites for hydroxylation is 2. The van der Waals surface area contributed by atoms with Gasteiger partial charge in [-0.3, -0.25) is 0 Å². The molecule has 1 aromatic carbocycles. The van der Waals surface area contributed by atoms with Crippen LogP contribution in [0.4, 0.5) is 0 Å². The summed E-state index contributed by atoms with van der Waals surface area (Å²) in [4.78, 5) is 4.48. The molecular formula is C15H13ClN2O. The molecule has 0 bridgehead atoms. The van der Waals surface area contributed by atoms with Gasteiger partial charge in [-0.2, -0.15) is 0 Å². The summed E-state index contributed by atoms with van der Waals surface area (Å²) in [6.45, 7) is 3.99. The second-order valence-corrected chi connectivity index (χ2v) is 4.99. The third-order valence-corrected chi connectivity index (χ3v) is 3.03. The van der Waals surface area contributed by atoms with Gasteiger partial charge in [0.25, 0.3) is 0 Å². The molecule has 0 aliphatic carbocycles. The van der Waals surface area contributed by atoms with Gasteiger partial charge < -0.3 is 9.14 Å². The molecule has 3 aromatic rings. The van der Waals surface area contributed by atoms with Gasteiger partial charge >= 0.3 is 0 Å². The van der Waals surface area contributed by atoms with Gasteiger partial charge in [0, 0.05) is 17.4 Å². The number of aromatic nitrogens is 2. The van der Waals surface area contributed by atoms with Gasteiger partial charge in [-0.15, -0.1) is 0 Å². The average molecular weight is 273 g/mol. The number of ether oxygens (including phenoxy) is 1. The molecule has 0 unspecified atom stereocenters. The largest absolute Gasteiger partial charge is 0.453 e. The Hall–Kier alpha value is -2.00. The van der Waals surface area contributed by atoms with E-state index in [1.165, 1.54) is 0 Å². The molecule has 0 saturated carbocycles. The van der Waals surface area contributed by atoms with Gasteiger partial charge in [-0.25, -0.2) is 4.98 Å². The van der Waals surface area contributed by atoms with E-state index in [4.69, 9.17) is 16.3 Å². The zero-order chi connectivity index (χ0) is 13.4. The van der Waals surface area contributed by atoms with Crippen LogP contribution in [0.3, 0.4) is 0 Å². The minimum absolute atomic E-state index is 0.653. The van der Waals surface area contributed by atoms with Crippen molar-refractivity contribution in [1.82, 2.24) is 9.38 Å². The van der Waals surface area contributed by atoms with Crippen LogP contribution in [-0.4, -0.2) is 9.38 Å². The van der Waals surface area contributed by atoms with Crippen molar-refractivity contribution in [3.8, 4) is 11.5 Å². The van der Waals surface area contributed by atoms with Crippen molar-refractivity contribution in [2.24, 2.45) is 0 Å². The molecule has 0 N–H and O–H groups in total. The number of pyridine rings is 1. The minimum atomic E-state index is 0.653. The van der Waals surface area contributed by atoms with Crippen LogP contribution in [0.2, 0.25) is 5.02 Å². The quantitative estimate of drug-likeness (QED) is 0.691. The lowest BCUT2D eigenvalue weighted by atomic mass is 10.3. The maximum atomic E-state index is 5.96. The Morgan fingerprint density at radius 3 is 2.79 bits per heavy atom. The summed E-state index contributed by atoms with van der Waals surface area (Å²) in [7, 11) is 0. The van der Waals surface area contributed by atoms with E-state index < -0.39 is 0 Å². The minimum Gasteiger partial charge on any atom is -0.453 e. The molecule has 0 saturated heterocycles. The molecule has 19 heavy (non-hydrogen) atoms. The molecule has 0 fully saturated rings. The van der Waals surface area contributed by atoms with E-state index in [0.29, 0.717) is 10.8 Å². The van der Waals surface area contributed by atoms with Crippen LogP contribution in [0.15, 0.2) is 42.7 Å². The van der Waals surface area contributed by atoms with E-state index >= 15 is 0 Å². The first-order chi connectivity index (χ1) is 9.11. The van der Waals surface area contributed by atoms with Gasteiger partial charge in [-0.1, -0.05) is 17.7 Å². The van der Waals surface area contributed by atoms with Crippen molar-refractivity contribution in [2.75, 3.05) is 0 Å². The molecule has 0 aliphatic rings. The normalized spacial score (nSPS) is 10.9. The molecule has 0 radical (unpaired) electrons. The monoisotopic (exact) mass is 272 g/mol. The first-order valence-corrected chi connectivity index (χ1v) is 6.39. The van der Waals surface area contributed by atoms with E-state index in [2.05, 4.69) is 4.98 Å². The number of rotatable bonds is 2. The first-order valence-electron chi connectivity index (χ1n) is 6.01. The molecular weight excluding hydrogens is 260 g/mol. The third kappa shape index (κ3) is 2.42. The van der Waals surface area contributed by atoms with Crippen LogP contribution in [-0.2, 0) is 0 Å². The maximum absolute atomic E-state index is 5.96. The van der Waals surface area contributed by atoms with Crippen molar-refractivity contribution >= 4 is 17.2 Å². The topological polar surface area (TPSA) is 26.5 Å². The van der Waals surface area contributed by atoms with Crippen LogP contribution >= 0.6 is 11.6 Å². The Morgan fingerprint density at radius 2 is 2.00 bits per heavy atom. The van der Waals surface area contributed by atoms with E-state index in [1.54, 1.807) is 6.07 Å². The summed E-state index contributed by atoms with van der Waals surface area (Å²) in [6.07, 6.45) is 4.01. The number of hydrogen-bond donors (Lipinski definition) is 0. The highest BCUT2D eigenvalue weighted by Gasteiger charge is 2.08. The second-order valence-electron chi connectivity index (χ2n) is 4.55. The zero-order valence-corrected chi connectivity index (χ0v) is 11.5. The van der Waals surface area contributed by atoms with E-state index in [-0.39, 0.29) is 0 Å². The predicted molar refractivity (Wildman–Crippen MR) is 76.2 cm³/mol. The molecule has 0 amide bonds. The second kappa shape index (κ2) is 4.59. The summed E-state index contributed by atoms with van der Waals surface area (Å²) in [5, 5.41) is 0.653. The molecule has 0 atom stereocenters. The fraction of sp³-hybridized carbons (Fsp3) is 0.133. The van der Waals surface area contributed by atoms with Crippen molar-refractivity contribution in [3.05, 3.63) is 59.0 Å². The van der Waals surface area contributed by atoms with Crippen LogP contribution < -0.4 is 4.74 Å². The maximum Gasteiger partial charge on any atom is 0.180 e. The zero-order valence-electron chi connectivity index (χ0n) is 10.7. The van der Waals surface area contributed by atoms with Crippen LogP contribution in [0.5, 0.6) is 11.5 Å². The summed E-state index contributed by atoms with van der Waals surface area (Å²) in [5.74, 6) is 1.44. The predicted octanol–water partition coefficient (Wildman–Crippen LogP) is 4.40. The number of hydrogen-bond acceptors (Lipinski definition) is 2. The van der Waals surface area contributed by atoms with Gasteiger partial charge in [-0.05, 0) is 43.7 Å². The van der Waals surface area contributed by atoms with Gasteiger partial charge in [0.1, 0.15) is 5.75 Å². The third-order valence-electron chi connectivity index (χ3n) is 2.80. The van der Waals surface area contributed by atoms with Crippen molar-refractivity contribution in [3.63, 3.8) is 0 Å². The van der Waals surface area contributed by atoms with Gasteiger partial charge in [0.15, 0.2) is 11.4 Å². The van der Waals surface area contributed by atoms with Crippen molar-refractivity contribution < 1.29 is 4.74 Å². The highest BCUT2D eigenvalue weighted by molar-refractivity contribution is 6.30. The summed E-state index contributed by atoms with van der Waals surface area (Å²) in [6, 6.07) is 9.32. The Morgan fingerprint density at radius 1 is 1.16 bits per heavy atom. The van der Waals surface area contributed by atoms with E-state index in [9.17, 15) is 0 Å². The summed E-state index contributed by atoms with van der Waals surface area (Å²) in [5.41, 5.74) is 2.88. The Bertz CT molecular complexity index is 749. The standard InChI is InChI=1S/C15H13ClN2O/c1-10-6-14(15-17-11(2)9-18(15)8-10)19-13-5-3-4-12(16)7-13/h3-9H,1-2H3. The molecule has 96 valence electrons. The number of benzene rings is 1. The Balaban J connectivity index is 2.09.